The highest BCUT2D eigenvalue weighted by Gasteiger charge is 2.21. The van der Waals surface area contributed by atoms with Gasteiger partial charge in [-0.1, -0.05) is 12.1 Å². The van der Waals surface area contributed by atoms with E-state index < -0.39 is 0 Å². The van der Waals surface area contributed by atoms with Crippen LogP contribution in [0.4, 0.5) is 0 Å². The summed E-state index contributed by atoms with van der Waals surface area (Å²) >= 11 is 1.69. The van der Waals surface area contributed by atoms with E-state index in [2.05, 4.69) is 51.0 Å². The largest absolute Gasteiger partial charge is 0.304 e. The molecule has 0 aromatic carbocycles. The van der Waals surface area contributed by atoms with E-state index >= 15 is 0 Å². The van der Waals surface area contributed by atoms with Crippen molar-refractivity contribution in [1.82, 2.24) is 24.3 Å². The third kappa shape index (κ3) is 2.71. The Hall–Kier alpha value is -2.57. The van der Waals surface area contributed by atoms with Crippen LogP contribution in [0.2, 0.25) is 0 Å². The summed E-state index contributed by atoms with van der Waals surface area (Å²) in [4.78, 5) is 17.7. The molecule has 0 spiro atoms. The molecule has 0 amide bonds. The van der Waals surface area contributed by atoms with Gasteiger partial charge >= 0.3 is 0 Å². The van der Waals surface area contributed by atoms with E-state index in [1.54, 1.807) is 11.3 Å². The first kappa shape index (κ1) is 15.7. The smallest absolute Gasteiger partial charge is 0.169 e. The van der Waals surface area contributed by atoms with E-state index in [4.69, 9.17) is 9.97 Å². The van der Waals surface area contributed by atoms with Crippen molar-refractivity contribution in [3.63, 3.8) is 0 Å². The zero-order chi connectivity index (χ0) is 17.5. The van der Waals surface area contributed by atoms with Gasteiger partial charge in [0.05, 0.1) is 21.8 Å². The van der Waals surface area contributed by atoms with Gasteiger partial charge in [-0.05, 0) is 30.5 Å². The molecule has 1 aliphatic heterocycles. The molecule has 4 aromatic rings. The average Bonchev–Trinajstić information content (AvgIpc) is 3.31. The lowest BCUT2D eigenvalue weighted by Gasteiger charge is -2.27. The Labute approximate surface area is 156 Å². The summed E-state index contributed by atoms with van der Waals surface area (Å²) in [5, 5.41) is 2.07. The number of thiophene rings is 1. The minimum atomic E-state index is 0.850. The van der Waals surface area contributed by atoms with Gasteiger partial charge < -0.3 is 4.40 Å². The van der Waals surface area contributed by atoms with Crippen molar-refractivity contribution in [3.05, 3.63) is 70.9 Å². The fraction of sp³-hybridized carbons (Fsp3) is 0.250. The third-order valence-corrected chi connectivity index (χ3v) is 5.79. The third-order valence-electron chi connectivity index (χ3n) is 4.93. The van der Waals surface area contributed by atoms with Crippen molar-refractivity contribution < 1.29 is 0 Å². The van der Waals surface area contributed by atoms with Gasteiger partial charge in [0.2, 0.25) is 0 Å². The molecule has 6 heteroatoms. The van der Waals surface area contributed by atoms with Gasteiger partial charge in [-0.25, -0.2) is 15.0 Å². The number of imidazole rings is 1. The first-order chi connectivity index (χ1) is 12.8. The summed E-state index contributed by atoms with van der Waals surface area (Å²) in [6.45, 7) is 4.79. The monoisotopic (exact) mass is 361 g/mol. The SMILES string of the molecule is Cc1nc(CN2CCc3nc(-c4cccs4)ncc3C2)c2ccccn12. The topological polar surface area (TPSA) is 46.3 Å². The summed E-state index contributed by atoms with van der Waals surface area (Å²) < 4.78 is 2.16. The number of nitrogens with zero attached hydrogens (tertiary/aromatic N) is 5. The van der Waals surface area contributed by atoms with Gasteiger partial charge in [-0.3, -0.25) is 4.90 Å². The van der Waals surface area contributed by atoms with E-state index in [9.17, 15) is 0 Å². The molecule has 0 N–H and O–H groups in total. The molecular weight excluding hydrogens is 342 g/mol. The molecule has 5 nitrogen and oxygen atoms in total. The van der Waals surface area contributed by atoms with E-state index in [1.807, 2.05) is 18.3 Å². The van der Waals surface area contributed by atoms with Crippen LogP contribution in [0.5, 0.6) is 0 Å². The standard InChI is InChI=1S/C20H19N5S/c1-14-22-17(18-5-2-3-8-25(14)18)13-24-9-7-16-15(12-24)11-21-20(23-16)19-6-4-10-26-19/h2-6,8,10-11H,7,9,12-13H2,1H3. The highest BCUT2D eigenvalue weighted by molar-refractivity contribution is 7.13. The maximum Gasteiger partial charge on any atom is 0.169 e. The first-order valence-electron chi connectivity index (χ1n) is 8.81. The van der Waals surface area contributed by atoms with Crippen LogP contribution in [0.1, 0.15) is 22.8 Å². The van der Waals surface area contributed by atoms with E-state index in [0.29, 0.717) is 0 Å². The van der Waals surface area contributed by atoms with Crippen LogP contribution in [-0.4, -0.2) is 30.8 Å². The fourth-order valence-corrected chi connectivity index (χ4v) is 4.29. The Morgan fingerprint density at radius 1 is 1.15 bits per heavy atom. The van der Waals surface area contributed by atoms with Crippen LogP contribution in [0.15, 0.2) is 48.1 Å². The molecule has 0 atom stereocenters. The number of aromatic nitrogens is 4. The zero-order valence-electron chi connectivity index (χ0n) is 14.6. The number of hydrogen-bond donors (Lipinski definition) is 0. The zero-order valence-corrected chi connectivity index (χ0v) is 15.4. The molecule has 130 valence electrons. The molecule has 0 unspecified atom stereocenters. The lowest BCUT2D eigenvalue weighted by atomic mass is 10.1. The summed E-state index contributed by atoms with van der Waals surface area (Å²) in [6, 6.07) is 10.4. The summed E-state index contributed by atoms with van der Waals surface area (Å²) in [5.74, 6) is 1.89. The van der Waals surface area contributed by atoms with Crippen LogP contribution in [0, 0.1) is 6.92 Å². The molecule has 0 saturated heterocycles. The maximum absolute atomic E-state index is 4.80. The Morgan fingerprint density at radius 2 is 2.12 bits per heavy atom. The minimum absolute atomic E-state index is 0.850. The molecule has 4 aromatic heterocycles. The number of fused-ring (bicyclic) bond motifs is 2. The molecule has 0 aliphatic carbocycles. The molecular formula is C20H19N5S. The van der Waals surface area contributed by atoms with Gasteiger partial charge in [0, 0.05) is 44.0 Å². The quantitative estimate of drug-likeness (QED) is 0.558. The van der Waals surface area contributed by atoms with Crippen molar-refractivity contribution in [2.45, 2.75) is 26.4 Å². The van der Waals surface area contributed by atoms with Crippen LogP contribution in [0.3, 0.4) is 0 Å². The fourth-order valence-electron chi connectivity index (χ4n) is 3.63. The second-order valence-electron chi connectivity index (χ2n) is 6.67. The van der Waals surface area contributed by atoms with Crippen LogP contribution in [-0.2, 0) is 19.5 Å². The normalized spacial score (nSPS) is 14.7. The average molecular weight is 361 g/mol. The number of pyridine rings is 1. The second-order valence-corrected chi connectivity index (χ2v) is 7.61. The molecule has 1 aliphatic rings. The number of aryl methyl sites for hydroxylation is 1. The lowest BCUT2D eigenvalue weighted by molar-refractivity contribution is 0.241. The molecule has 0 saturated carbocycles. The van der Waals surface area contributed by atoms with E-state index in [0.717, 1.165) is 48.3 Å². The molecule has 5 rings (SSSR count). The second kappa shape index (κ2) is 6.30. The predicted octanol–water partition coefficient (Wildman–Crippen LogP) is 3.72. The molecule has 0 radical (unpaired) electrons. The Balaban J connectivity index is 1.39. The molecule has 5 heterocycles. The van der Waals surface area contributed by atoms with Gasteiger partial charge in [0.25, 0.3) is 0 Å². The Bertz CT molecular complexity index is 1070. The lowest BCUT2D eigenvalue weighted by Crippen LogP contribution is -2.31. The number of rotatable bonds is 3. The van der Waals surface area contributed by atoms with Gasteiger partial charge in [0.15, 0.2) is 5.82 Å². The van der Waals surface area contributed by atoms with Crippen LogP contribution < -0.4 is 0 Å². The molecule has 0 fully saturated rings. The van der Waals surface area contributed by atoms with Crippen LogP contribution >= 0.6 is 11.3 Å². The summed E-state index contributed by atoms with van der Waals surface area (Å²) in [5.41, 5.74) is 4.75. The predicted molar refractivity (Wildman–Crippen MR) is 103 cm³/mol. The number of hydrogen-bond acceptors (Lipinski definition) is 5. The Kier molecular flexibility index (Phi) is 3.80. The van der Waals surface area contributed by atoms with Gasteiger partial charge in [-0.15, -0.1) is 11.3 Å². The highest BCUT2D eigenvalue weighted by atomic mass is 32.1. The maximum atomic E-state index is 4.80. The van der Waals surface area contributed by atoms with Crippen molar-refractivity contribution in [2.75, 3.05) is 6.54 Å². The van der Waals surface area contributed by atoms with Crippen molar-refractivity contribution in [1.29, 1.82) is 0 Å². The minimum Gasteiger partial charge on any atom is -0.304 e. The van der Waals surface area contributed by atoms with Crippen molar-refractivity contribution >= 4 is 16.9 Å². The molecule has 26 heavy (non-hydrogen) atoms. The van der Waals surface area contributed by atoms with Crippen molar-refractivity contribution in [3.8, 4) is 10.7 Å². The highest BCUT2D eigenvalue weighted by Crippen LogP contribution is 2.25. The van der Waals surface area contributed by atoms with Gasteiger partial charge in [0.1, 0.15) is 5.82 Å². The summed E-state index contributed by atoms with van der Waals surface area (Å²) in [7, 11) is 0. The molecule has 0 bridgehead atoms. The summed E-state index contributed by atoms with van der Waals surface area (Å²) in [6.07, 6.45) is 5.04. The van der Waals surface area contributed by atoms with Gasteiger partial charge in [-0.2, -0.15) is 0 Å². The van der Waals surface area contributed by atoms with Crippen LogP contribution in [0.25, 0.3) is 16.2 Å². The van der Waals surface area contributed by atoms with Crippen molar-refractivity contribution in [2.24, 2.45) is 0 Å². The first-order valence-corrected chi connectivity index (χ1v) is 9.69. The Morgan fingerprint density at radius 3 is 3.00 bits per heavy atom. The van der Waals surface area contributed by atoms with E-state index in [-0.39, 0.29) is 0 Å². The van der Waals surface area contributed by atoms with E-state index in [1.165, 1.54) is 16.8 Å².